The highest BCUT2D eigenvalue weighted by molar-refractivity contribution is 5.92. The average molecular weight is 294 g/mol. The zero-order chi connectivity index (χ0) is 15.7. The maximum absolute atomic E-state index is 12.5. The second-order valence-electron chi connectivity index (χ2n) is 5.58. The van der Waals surface area contributed by atoms with E-state index in [1.807, 2.05) is 62.4 Å². The highest BCUT2D eigenvalue weighted by Gasteiger charge is 2.14. The lowest BCUT2D eigenvalue weighted by Gasteiger charge is -2.16. The van der Waals surface area contributed by atoms with E-state index in [1.165, 1.54) is 0 Å². The molecule has 22 heavy (non-hydrogen) atoms. The molecular weight excluding hydrogens is 276 g/mol. The van der Waals surface area contributed by atoms with Gasteiger partial charge in [-0.1, -0.05) is 42.5 Å². The Kier molecular flexibility index (Phi) is 3.77. The van der Waals surface area contributed by atoms with Gasteiger partial charge in [-0.2, -0.15) is 4.98 Å². The molecule has 2 aromatic carbocycles. The maximum Gasteiger partial charge on any atom is 0.348 e. The van der Waals surface area contributed by atoms with Crippen LogP contribution in [-0.2, 0) is 6.61 Å². The van der Waals surface area contributed by atoms with Crippen LogP contribution in [0, 0.1) is 0 Å². The van der Waals surface area contributed by atoms with Crippen LogP contribution in [0.25, 0.3) is 22.2 Å². The summed E-state index contributed by atoms with van der Waals surface area (Å²) in [5.41, 5.74) is 2.92. The third kappa shape index (κ3) is 2.42. The topological polar surface area (TPSA) is 55.1 Å². The zero-order valence-electron chi connectivity index (χ0n) is 12.7. The molecule has 0 aliphatic rings. The van der Waals surface area contributed by atoms with E-state index in [0.717, 1.165) is 22.0 Å². The Morgan fingerprint density at radius 2 is 1.86 bits per heavy atom. The van der Waals surface area contributed by atoms with Crippen LogP contribution in [0.4, 0.5) is 0 Å². The van der Waals surface area contributed by atoms with Crippen molar-refractivity contribution in [2.45, 2.75) is 26.5 Å². The van der Waals surface area contributed by atoms with Crippen molar-refractivity contribution in [2.24, 2.45) is 0 Å². The molecule has 0 aliphatic carbocycles. The van der Waals surface area contributed by atoms with Gasteiger partial charge in [0, 0.05) is 17.0 Å². The van der Waals surface area contributed by atoms with Crippen molar-refractivity contribution >= 4 is 10.9 Å². The van der Waals surface area contributed by atoms with Crippen LogP contribution in [0.1, 0.15) is 25.5 Å². The average Bonchev–Trinajstić information content (AvgIpc) is 2.53. The molecule has 0 saturated heterocycles. The van der Waals surface area contributed by atoms with Crippen molar-refractivity contribution in [3.05, 3.63) is 64.6 Å². The molecule has 0 unspecified atom stereocenters. The zero-order valence-corrected chi connectivity index (χ0v) is 12.7. The quantitative estimate of drug-likeness (QED) is 0.807. The van der Waals surface area contributed by atoms with Crippen molar-refractivity contribution in [3.63, 3.8) is 0 Å². The van der Waals surface area contributed by atoms with Crippen molar-refractivity contribution in [3.8, 4) is 11.3 Å². The van der Waals surface area contributed by atoms with Crippen molar-refractivity contribution in [1.82, 2.24) is 9.55 Å². The molecule has 3 rings (SSSR count). The van der Waals surface area contributed by atoms with Gasteiger partial charge in [-0.25, -0.2) is 4.79 Å². The SMILES string of the molecule is CC(C)n1c(=O)nc(-c2ccccc2)c2ccc(CO)cc21. The van der Waals surface area contributed by atoms with Crippen LogP contribution in [0.3, 0.4) is 0 Å². The fourth-order valence-corrected chi connectivity index (χ4v) is 2.70. The van der Waals surface area contributed by atoms with Gasteiger partial charge >= 0.3 is 5.69 Å². The molecule has 0 amide bonds. The normalized spacial score (nSPS) is 11.3. The Morgan fingerprint density at radius 1 is 1.14 bits per heavy atom. The van der Waals surface area contributed by atoms with Gasteiger partial charge in [0.1, 0.15) is 0 Å². The van der Waals surface area contributed by atoms with Gasteiger partial charge in [-0.3, -0.25) is 4.57 Å². The molecule has 1 heterocycles. The summed E-state index contributed by atoms with van der Waals surface area (Å²) in [4.78, 5) is 16.8. The smallest absolute Gasteiger partial charge is 0.348 e. The van der Waals surface area contributed by atoms with Crippen LogP contribution < -0.4 is 5.69 Å². The first-order valence-corrected chi connectivity index (χ1v) is 7.33. The summed E-state index contributed by atoms with van der Waals surface area (Å²) in [5.74, 6) is 0. The summed E-state index contributed by atoms with van der Waals surface area (Å²) < 4.78 is 1.67. The summed E-state index contributed by atoms with van der Waals surface area (Å²) in [5, 5.41) is 10.3. The number of hydrogen-bond donors (Lipinski definition) is 1. The van der Waals surface area contributed by atoms with E-state index in [4.69, 9.17) is 0 Å². The predicted octanol–water partition coefficient (Wildman–Crippen LogP) is 3.14. The third-order valence-electron chi connectivity index (χ3n) is 3.74. The minimum Gasteiger partial charge on any atom is -0.392 e. The van der Waals surface area contributed by atoms with Gasteiger partial charge < -0.3 is 5.11 Å². The van der Waals surface area contributed by atoms with Gasteiger partial charge in [0.15, 0.2) is 0 Å². The molecule has 1 aromatic heterocycles. The van der Waals surface area contributed by atoms with Gasteiger partial charge in [-0.15, -0.1) is 0 Å². The van der Waals surface area contributed by atoms with Gasteiger partial charge in [-0.05, 0) is 25.5 Å². The molecule has 0 saturated carbocycles. The number of benzene rings is 2. The lowest BCUT2D eigenvalue weighted by atomic mass is 10.0. The van der Waals surface area contributed by atoms with Crippen LogP contribution in [0.5, 0.6) is 0 Å². The Hall–Kier alpha value is -2.46. The first kappa shape index (κ1) is 14.5. The summed E-state index contributed by atoms with van der Waals surface area (Å²) >= 11 is 0. The Labute approximate surface area is 128 Å². The van der Waals surface area contributed by atoms with E-state index < -0.39 is 0 Å². The van der Waals surface area contributed by atoms with Crippen molar-refractivity contribution < 1.29 is 5.11 Å². The van der Waals surface area contributed by atoms with Crippen LogP contribution in [0.2, 0.25) is 0 Å². The minimum absolute atomic E-state index is 0.00117. The van der Waals surface area contributed by atoms with E-state index in [1.54, 1.807) is 4.57 Å². The Morgan fingerprint density at radius 3 is 2.50 bits per heavy atom. The second-order valence-corrected chi connectivity index (χ2v) is 5.58. The predicted molar refractivity (Wildman–Crippen MR) is 87.7 cm³/mol. The first-order valence-electron chi connectivity index (χ1n) is 7.33. The number of aliphatic hydroxyl groups excluding tert-OH is 1. The molecule has 0 aliphatic heterocycles. The third-order valence-corrected chi connectivity index (χ3v) is 3.74. The summed E-state index contributed by atoms with van der Waals surface area (Å²) in [6.07, 6.45) is 0. The standard InChI is InChI=1S/C18H18N2O2/c1-12(2)20-16-10-13(11-21)8-9-15(16)17(19-18(20)22)14-6-4-3-5-7-14/h3-10,12,21H,11H2,1-2H3. The summed E-state index contributed by atoms with van der Waals surface area (Å²) in [6.45, 7) is 3.86. The van der Waals surface area contributed by atoms with E-state index in [0.29, 0.717) is 5.69 Å². The minimum atomic E-state index is -0.267. The Bertz CT molecular complexity index is 867. The molecule has 4 nitrogen and oxygen atoms in total. The number of hydrogen-bond acceptors (Lipinski definition) is 3. The highest BCUT2D eigenvalue weighted by Crippen LogP contribution is 2.27. The molecule has 0 atom stereocenters. The lowest BCUT2D eigenvalue weighted by molar-refractivity contribution is 0.282. The molecule has 0 fully saturated rings. The van der Waals surface area contributed by atoms with Crippen molar-refractivity contribution in [2.75, 3.05) is 0 Å². The summed E-state index contributed by atoms with van der Waals surface area (Å²) in [6, 6.07) is 15.3. The van der Waals surface area contributed by atoms with Crippen LogP contribution in [0.15, 0.2) is 53.3 Å². The number of rotatable bonds is 3. The largest absolute Gasteiger partial charge is 0.392 e. The molecule has 112 valence electrons. The van der Waals surface area contributed by atoms with E-state index in [2.05, 4.69) is 4.98 Å². The molecule has 4 heteroatoms. The number of fused-ring (bicyclic) bond motifs is 1. The van der Waals surface area contributed by atoms with E-state index in [9.17, 15) is 9.90 Å². The van der Waals surface area contributed by atoms with Gasteiger partial charge in [0.25, 0.3) is 0 Å². The lowest BCUT2D eigenvalue weighted by Crippen LogP contribution is -2.25. The second kappa shape index (κ2) is 5.73. The van der Waals surface area contributed by atoms with Gasteiger partial charge in [0.05, 0.1) is 17.8 Å². The molecule has 1 N–H and O–H groups in total. The van der Waals surface area contributed by atoms with Crippen LogP contribution >= 0.6 is 0 Å². The fraction of sp³-hybridized carbons (Fsp3) is 0.222. The number of nitrogens with zero attached hydrogens (tertiary/aromatic N) is 2. The van der Waals surface area contributed by atoms with Crippen molar-refractivity contribution in [1.29, 1.82) is 0 Å². The molecular formula is C18H18N2O2. The fourth-order valence-electron chi connectivity index (χ4n) is 2.70. The van der Waals surface area contributed by atoms with Crippen LogP contribution in [-0.4, -0.2) is 14.7 Å². The first-order chi connectivity index (χ1) is 10.6. The molecule has 0 spiro atoms. The Balaban J connectivity index is 2.41. The molecule has 3 aromatic rings. The summed E-state index contributed by atoms with van der Waals surface area (Å²) in [7, 11) is 0. The monoisotopic (exact) mass is 294 g/mol. The van der Waals surface area contributed by atoms with E-state index >= 15 is 0 Å². The number of aromatic nitrogens is 2. The maximum atomic E-state index is 12.5. The highest BCUT2D eigenvalue weighted by atomic mass is 16.3. The number of aliphatic hydroxyl groups is 1. The van der Waals surface area contributed by atoms with E-state index in [-0.39, 0.29) is 18.3 Å². The molecule has 0 bridgehead atoms. The molecule has 0 radical (unpaired) electrons. The van der Waals surface area contributed by atoms with Gasteiger partial charge in [0.2, 0.25) is 0 Å².